The molecule has 1 aliphatic rings. The average Bonchev–Trinajstić information content (AvgIpc) is 2.86. The van der Waals surface area contributed by atoms with E-state index in [1.807, 2.05) is 13.0 Å². The van der Waals surface area contributed by atoms with Crippen molar-refractivity contribution in [3.63, 3.8) is 0 Å². The van der Waals surface area contributed by atoms with Gasteiger partial charge in [-0.05, 0) is 25.8 Å². The molecule has 1 saturated carbocycles. The summed E-state index contributed by atoms with van der Waals surface area (Å²) in [4.78, 5) is 25.3. The Morgan fingerprint density at radius 3 is 2.62 bits per heavy atom. The molecule has 1 fully saturated rings. The van der Waals surface area contributed by atoms with Gasteiger partial charge in [0.25, 0.3) is 5.91 Å². The van der Waals surface area contributed by atoms with Crippen LogP contribution in [-0.2, 0) is 4.79 Å². The number of aryl methyl sites for hydroxylation is 1. The van der Waals surface area contributed by atoms with E-state index in [2.05, 4.69) is 5.32 Å². The maximum Gasteiger partial charge on any atom is 0.311 e. The van der Waals surface area contributed by atoms with Crippen molar-refractivity contribution in [2.24, 2.45) is 5.41 Å². The first-order valence-corrected chi connectivity index (χ1v) is 7.96. The van der Waals surface area contributed by atoms with E-state index in [4.69, 9.17) is 4.74 Å². The first kappa shape index (κ1) is 15.8. The highest BCUT2D eigenvalue weighted by Gasteiger charge is 2.40. The third-order valence-electron chi connectivity index (χ3n) is 4.10. The number of hydrogen-bond acceptors (Lipinski definition) is 4. The highest BCUT2D eigenvalue weighted by molar-refractivity contribution is 7.14. The molecule has 116 valence electrons. The lowest BCUT2D eigenvalue weighted by atomic mass is 9.74. The summed E-state index contributed by atoms with van der Waals surface area (Å²) >= 11 is 1.36. The molecule has 1 aliphatic carbocycles. The van der Waals surface area contributed by atoms with Gasteiger partial charge in [0.05, 0.1) is 12.5 Å². The maximum absolute atomic E-state index is 12.3. The average molecular weight is 311 g/mol. The van der Waals surface area contributed by atoms with Crippen LogP contribution in [-0.4, -0.2) is 30.6 Å². The van der Waals surface area contributed by atoms with Crippen LogP contribution in [0.2, 0.25) is 0 Å². The fraction of sp³-hybridized carbons (Fsp3) is 0.600. The molecule has 0 atom stereocenters. The summed E-state index contributed by atoms with van der Waals surface area (Å²) in [5.41, 5.74) is -0.812. The summed E-state index contributed by atoms with van der Waals surface area (Å²) in [5, 5.41) is 12.3. The molecule has 0 spiro atoms. The van der Waals surface area contributed by atoms with Gasteiger partial charge >= 0.3 is 5.97 Å². The second kappa shape index (κ2) is 6.47. The van der Waals surface area contributed by atoms with Crippen LogP contribution in [0.1, 0.15) is 46.7 Å². The van der Waals surface area contributed by atoms with E-state index in [0.29, 0.717) is 23.5 Å². The van der Waals surface area contributed by atoms with Gasteiger partial charge < -0.3 is 15.2 Å². The van der Waals surface area contributed by atoms with Gasteiger partial charge in [-0.15, -0.1) is 11.3 Å². The first-order valence-electron chi connectivity index (χ1n) is 7.14. The van der Waals surface area contributed by atoms with Crippen molar-refractivity contribution in [1.82, 2.24) is 5.32 Å². The van der Waals surface area contributed by atoms with Crippen LogP contribution in [0.5, 0.6) is 5.75 Å². The fourth-order valence-electron chi connectivity index (χ4n) is 2.83. The molecule has 1 amide bonds. The minimum atomic E-state index is -0.812. The van der Waals surface area contributed by atoms with Gasteiger partial charge in [-0.1, -0.05) is 19.3 Å². The molecule has 2 N–H and O–H groups in total. The third-order valence-corrected chi connectivity index (χ3v) is 5.13. The summed E-state index contributed by atoms with van der Waals surface area (Å²) in [7, 11) is 1.53. The monoisotopic (exact) mass is 311 g/mol. The SMILES string of the molecule is COc1cc(C)sc1C(=O)NCC1(C(=O)O)CCCCC1. The summed E-state index contributed by atoms with van der Waals surface area (Å²) in [5.74, 6) is -0.518. The number of methoxy groups -OCH3 is 1. The molecule has 5 nitrogen and oxygen atoms in total. The fourth-order valence-corrected chi connectivity index (χ4v) is 3.72. The quantitative estimate of drug-likeness (QED) is 0.876. The molecule has 2 rings (SSSR count). The van der Waals surface area contributed by atoms with Gasteiger partial charge in [-0.2, -0.15) is 0 Å². The summed E-state index contributed by atoms with van der Waals surface area (Å²) in [6.45, 7) is 2.09. The maximum atomic E-state index is 12.3. The van der Waals surface area contributed by atoms with Crippen LogP contribution in [0.25, 0.3) is 0 Å². The van der Waals surface area contributed by atoms with E-state index >= 15 is 0 Å². The number of carbonyl (C=O) groups is 2. The number of carbonyl (C=O) groups excluding carboxylic acids is 1. The number of rotatable bonds is 5. The number of nitrogens with one attached hydrogen (secondary N) is 1. The van der Waals surface area contributed by atoms with Crippen LogP contribution < -0.4 is 10.1 Å². The van der Waals surface area contributed by atoms with Crippen molar-refractivity contribution in [3.05, 3.63) is 15.8 Å². The summed E-state index contributed by atoms with van der Waals surface area (Å²) < 4.78 is 5.18. The van der Waals surface area contributed by atoms with Crippen LogP contribution in [0.3, 0.4) is 0 Å². The molecule has 1 heterocycles. The Kier molecular flexibility index (Phi) is 4.88. The molecule has 0 aliphatic heterocycles. The van der Waals surface area contributed by atoms with E-state index in [0.717, 1.165) is 24.1 Å². The zero-order chi connectivity index (χ0) is 15.5. The Bertz CT molecular complexity index is 532. The Morgan fingerprint density at radius 1 is 1.38 bits per heavy atom. The number of carboxylic acids is 1. The van der Waals surface area contributed by atoms with Crippen LogP contribution in [0, 0.1) is 12.3 Å². The highest BCUT2D eigenvalue weighted by Crippen LogP contribution is 2.36. The highest BCUT2D eigenvalue weighted by atomic mass is 32.1. The molecule has 21 heavy (non-hydrogen) atoms. The Hall–Kier alpha value is -1.56. The number of hydrogen-bond donors (Lipinski definition) is 2. The van der Waals surface area contributed by atoms with Gasteiger partial charge in [-0.3, -0.25) is 9.59 Å². The van der Waals surface area contributed by atoms with Crippen molar-refractivity contribution in [1.29, 1.82) is 0 Å². The van der Waals surface area contributed by atoms with Crippen molar-refractivity contribution in [3.8, 4) is 5.75 Å². The molecule has 0 bridgehead atoms. The van der Waals surface area contributed by atoms with E-state index in [9.17, 15) is 14.7 Å². The topological polar surface area (TPSA) is 75.6 Å². The number of ether oxygens (including phenoxy) is 1. The predicted molar refractivity (Wildman–Crippen MR) is 81.1 cm³/mol. The number of carboxylic acid groups (broad SMARTS) is 1. The smallest absolute Gasteiger partial charge is 0.311 e. The summed E-state index contributed by atoms with van der Waals surface area (Å²) in [6.07, 6.45) is 4.14. The van der Waals surface area contributed by atoms with Crippen LogP contribution in [0.15, 0.2) is 6.07 Å². The third kappa shape index (κ3) is 3.37. The van der Waals surface area contributed by atoms with Gasteiger partial charge in [-0.25, -0.2) is 0 Å². The zero-order valence-electron chi connectivity index (χ0n) is 12.4. The molecule has 0 aromatic carbocycles. The number of aliphatic carboxylic acids is 1. The standard InChI is InChI=1S/C15H21NO4S/c1-10-8-11(20-2)12(21-10)13(17)16-9-15(14(18)19)6-4-3-5-7-15/h8H,3-7,9H2,1-2H3,(H,16,17)(H,18,19). The van der Waals surface area contributed by atoms with E-state index < -0.39 is 11.4 Å². The predicted octanol–water partition coefficient (Wildman–Crippen LogP) is 2.83. The molecular formula is C15H21NO4S. The van der Waals surface area contributed by atoms with E-state index in [1.54, 1.807) is 0 Å². The Labute approximate surface area is 128 Å². The second-order valence-electron chi connectivity index (χ2n) is 5.58. The van der Waals surface area contributed by atoms with Crippen molar-refractivity contribution >= 4 is 23.2 Å². The minimum absolute atomic E-state index is 0.182. The molecule has 1 aromatic heterocycles. The number of amides is 1. The summed E-state index contributed by atoms with van der Waals surface area (Å²) in [6, 6.07) is 1.81. The van der Waals surface area contributed by atoms with E-state index in [1.165, 1.54) is 18.4 Å². The van der Waals surface area contributed by atoms with Crippen molar-refractivity contribution in [2.75, 3.05) is 13.7 Å². The largest absolute Gasteiger partial charge is 0.495 e. The lowest BCUT2D eigenvalue weighted by molar-refractivity contribution is -0.150. The van der Waals surface area contributed by atoms with Crippen LogP contribution >= 0.6 is 11.3 Å². The number of thiophene rings is 1. The molecular weight excluding hydrogens is 290 g/mol. The molecule has 6 heteroatoms. The lowest BCUT2D eigenvalue weighted by Gasteiger charge is -2.33. The van der Waals surface area contributed by atoms with Gasteiger partial charge in [0.1, 0.15) is 10.6 Å². The molecule has 0 unspecified atom stereocenters. The van der Waals surface area contributed by atoms with Crippen LogP contribution in [0.4, 0.5) is 0 Å². The van der Waals surface area contributed by atoms with Crippen molar-refractivity contribution < 1.29 is 19.4 Å². The Morgan fingerprint density at radius 2 is 2.05 bits per heavy atom. The molecule has 1 aromatic rings. The normalized spacial score (nSPS) is 17.2. The zero-order valence-corrected chi connectivity index (χ0v) is 13.2. The van der Waals surface area contributed by atoms with Crippen molar-refractivity contribution in [2.45, 2.75) is 39.0 Å². The van der Waals surface area contributed by atoms with Gasteiger partial charge in [0.2, 0.25) is 0 Å². The molecule has 0 radical (unpaired) electrons. The van der Waals surface area contributed by atoms with Gasteiger partial charge in [0.15, 0.2) is 0 Å². The Balaban J connectivity index is 2.06. The minimum Gasteiger partial charge on any atom is -0.495 e. The van der Waals surface area contributed by atoms with E-state index in [-0.39, 0.29) is 12.5 Å². The van der Waals surface area contributed by atoms with Gasteiger partial charge in [0, 0.05) is 11.4 Å². The second-order valence-corrected chi connectivity index (χ2v) is 6.84. The first-order chi connectivity index (χ1) is 9.98. The molecule has 0 saturated heterocycles. The lowest BCUT2D eigenvalue weighted by Crippen LogP contribution is -2.44.